The maximum absolute atomic E-state index is 4.63. The van der Waals surface area contributed by atoms with E-state index < -0.39 is 0 Å². The lowest BCUT2D eigenvalue weighted by molar-refractivity contribution is 0.549. The number of nitrogens with zero attached hydrogens (tertiary/aromatic N) is 3. The number of hydrogen-bond acceptors (Lipinski definition) is 4. The first-order valence-corrected chi connectivity index (χ1v) is 7.53. The monoisotopic (exact) mass is 262 g/mol. The maximum Gasteiger partial charge on any atom is 0.224 e. The normalized spacial score (nSPS) is 17.0. The molecule has 1 aromatic rings. The summed E-state index contributed by atoms with van der Waals surface area (Å²) in [4.78, 5) is 11.4. The highest BCUT2D eigenvalue weighted by Crippen LogP contribution is 2.25. The van der Waals surface area contributed by atoms with Gasteiger partial charge in [0.25, 0.3) is 0 Å². The molecular weight excluding hydrogens is 236 g/mol. The maximum atomic E-state index is 4.63. The summed E-state index contributed by atoms with van der Waals surface area (Å²) >= 11 is 0. The van der Waals surface area contributed by atoms with Crippen LogP contribution in [0, 0.1) is 6.92 Å². The molecule has 0 atom stereocenters. The van der Waals surface area contributed by atoms with Gasteiger partial charge in [0.1, 0.15) is 5.82 Å². The van der Waals surface area contributed by atoms with Gasteiger partial charge in [-0.3, -0.25) is 0 Å². The molecule has 4 heteroatoms. The van der Waals surface area contributed by atoms with Crippen LogP contribution >= 0.6 is 0 Å². The topological polar surface area (TPSA) is 41.1 Å². The highest BCUT2D eigenvalue weighted by molar-refractivity contribution is 5.45. The van der Waals surface area contributed by atoms with Crippen LogP contribution in [0.4, 0.5) is 11.8 Å². The Labute approximate surface area is 116 Å². The summed E-state index contributed by atoms with van der Waals surface area (Å²) in [6.45, 7) is 4.96. The Morgan fingerprint density at radius 1 is 1.21 bits per heavy atom. The second kappa shape index (κ2) is 6.73. The van der Waals surface area contributed by atoms with Crippen molar-refractivity contribution in [2.75, 3.05) is 23.8 Å². The Kier molecular flexibility index (Phi) is 5.00. The third-order valence-corrected chi connectivity index (χ3v) is 3.91. The van der Waals surface area contributed by atoms with Crippen molar-refractivity contribution >= 4 is 11.8 Å². The minimum absolute atomic E-state index is 0.631. The van der Waals surface area contributed by atoms with E-state index in [9.17, 15) is 0 Å². The molecule has 1 heterocycles. The first-order valence-electron chi connectivity index (χ1n) is 7.53. The summed E-state index contributed by atoms with van der Waals surface area (Å²) in [6, 6.07) is 2.72. The standard InChI is InChI=1S/C15H26N4/c1-4-16-15-17-12(2)11-14(18-15)19(3)13-9-7-5-6-8-10-13/h11,13H,4-10H2,1-3H3,(H,16,17,18). The summed E-state index contributed by atoms with van der Waals surface area (Å²) in [7, 11) is 2.17. The molecule has 1 saturated carbocycles. The Balaban J connectivity index is 2.14. The molecule has 1 fully saturated rings. The molecule has 0 unspecified atom stereocenters. The molecule has 0 spiro atoms. The lowest BCUT2D eigenvalue weighted by Crippen LogP contribution is -2.32. The number of rotatable bonds is 4. The largest absolute Gasteiger partial charge is 0.357 e. The van der Waals surface area contributed by atoms with Crippen LogP contribution in [-0.4, -0.2) is 29.6 Å². The molecule has 0 radical (unpaired) electrons. The van der Waals surface area contributed by atoms with E-state index in [-0.39, 0.29) is 0 Å². The van der Waals surface area contributed by atoms with Crippen molar-refractivity contribution < 1.29 is 0 Å². The number of aryl methyl sites for hydroxylation is 1. The first kappa shape index (κ1) is 14.1. The fourth-order valence-electron chi connectivity index (χ4n) is 2.80. The summed E-state index contributed by atoms with van der Waals surface area (Å²) < 4.78 is 0. The third kappa shape index (κ3) is 3.82. The molecule has 0 aliphatic heterocycles. The Hall–Kier alpha value is -1.32. The van der Waals surface area contributed by atoms with Crippen LogP contribution in [-0.2, 0) is 0 Å². The van der Waals surface area contributed by atoms with E-state index in [0.29, 0.717) is 6.04 Å². The van der Waals surface area contributed by atoms with Gasteiger partial charge < -0.3 is 10.2 Å². The van der Waals surface area contributed by atoms with Crippen LogP contribution in [0.25, 0.3) is 0 Å². The van der Waals surface area contributed by atoms with Gasteiger partial charge in [-0.25, -0.2) is 4.98 Å². The summed E-state index contributed by atoms with van der Waals surface area (Å²) in [5, 5.41) is 3.21. The van der Waals surface area contributed by atoms with E-state index in [4.69, 9.17) is 0 Å². The number of hydrogen-bond donors (Lipinski definition) is 1. The lowest BCUT2D eigenvalue weighted by Gasteiger charge is -2.28. The Morgan fingerprint density at radius 3 is 2.53 bits per heavy atom. The van der Waals surface area contributed by atoms with E-state index >= 15 is 0 Å². The molecule has 1 aliphatic rings. The van der Waals surface area contributed by atoms with Crippen molar-refractivity contribution in [3.05, 3.63) is 11.8 Å². The summed E-state index contributed by atoms with van der Waals surface area (Å²) in [5.41, 5.74) is 1.03. The van der Waals surface area contributed by atoms with Gasteiger partial charge in [-0.05, 0) is 26.7 Å². The Bertz CT molecular complexity index is 397. The van der Waals surface area contributed by atoms with Crippen molar-refractivity contribution in [2.24, 2.45) is 0 Å². The third-order valence-electron chi connectivity index (χ3n) is 3.91. The van der Waals surface area contributed by atoms with E-state index in [2.05, 4.69) is 40.2 Å². The Morgan fingerprint density at radius 2 is 1.89 bits per heavy atom. The zero-order valence-electron chi connectivity index (χ0n) is 12.4. The van der Waals surface area contributed by atoms with Gasteiger partial charge in [0, 0.05) is 31.4 Å². The molecule has 19 heavy (non-hydrogen) atoms. The second-order valence-corrected chi connectivity index (χ2v) is 5.48. The molecule has 0 amide bonds. The average molecular weight is 262 g/mol. The summed E-state index contributed by atoms with van der Waals surface area (Å²) in [5.74, 6) is 1.80. The van der Waals surface area contributed by atoms with Gasteiger partial charge in [0.2, 0.25) is 5.95 Å². The molecule has 1 aromatic heterocycles. The lowest BCUT2D eigenvalue weighted by atomic mass is 10.1. The fourth-order valence-corrected chi connectivity index (χ4v) is 2.80. The average Bonchev–Trinajstić information content (AvgIpc) is 2.66. The molecule has 0 aromatic carbocycles. The van der Waals surface area contributed by atoms with Crippen LogP contribution in [0.15, 0.2) is 6.07 Å². The number of aromatic nitrogens is 2. The van der Waals surface area contributed by atoms with E-state index in [1.165, 1.54) is 38.5 Å². The van der Waals surface area contributed by atoms with E-state index in [1.54, 1.807) is 0 Å². The SMILES string of the molecule is CCNc1nc(C)cc(N(C)C2CCCCCC2)n1. The van der Waals surface area contributed by atoms with Crippen LogP contribution in [0.2, 0.25) is 0 Å². The fraction of sp³-hybridized carbons (Fsp3) is 0.733. The zero-order chi connectivity index (χ0) is 13.7. The van der Waals surface area contributed by atoms with Gasteiger partial charge in [-0.15, -0.1) is 0 Å². The van der Waals surface area contributed by atoms with Crippen LogP contribution in [0.3, 0.4) is 0 Å². The van der Waals surface area contributed by atoms with Gasteiger partial charge >= 0.3 is 0 Å². The molecule has 2 rings (SSSR count). The predicted molar refractivity (Wildman–Crippen MR) is 80.8 cm³/mol. The van der Waals surface area contributed by atoms with Crippen LogP contribution in [0.5, 0.6) is 0 Å². The smallest absolute Gasteiger partial charge is 0.224 e. The predicted octanol–water partition coefficient (Wildman–Crippen LogP) is 3.38. The van der Waals surface area contributed by atoms with Gasteiger partial charge in [-0.1, -0.05) is 25.7 Å². The first-order chi connectivity index (χ1) is 9.20. The van der Waals surface area contributed by atoms with Crippen molar-refractivity contribution in [2.45, 2.75) is 58.4 Å². The highest BCUT2D eigenvalue weighted by atomic mass is 15.2. The molecule has 1 aliphatic carbocycles. The molecule has 4 nitrogen and oxygen atoms in total. The molecule has 0 bridgehead atoms. The second-order valence-electron chi connectivity index (χ2n) is 5.48. The zero-order valence-corrected chi connectivity index (χ0v) is 12.4. The number of anilines is 2. The van der Waals surface area contributed by atoms with E-state index in [0.717, 1.165) is 24.0 Å². The molecular formula is C15H26N4. The van der Waals surface area contributed by atoms with Gasteiger partial charge in [0.05, 0.1) is 0 Å². The number of nitrogens with one attached hydrogen (secondary N) is 1. The van der Waals surface area contributed by atoms with Crippen molar-refractivity contribution in [3.8, 4) is 0 Å². The highest BCUT2D eigenvalue weighted by Gasteiger charge is 2.18. The minimum Gasteiger partial charge on any atom is -0.357 e. The van der Waals surface area contributed by atoms with Crippen molar-refractivity contribution in [1.29, 1.82) is 0 Å². The quantitative estimate of drug-likeness (QED) is 0.845. The van der Waals surface area contributed by atoms with Crippen LogP contribution in [0.1, 0.15) is 51.1 Å². The van der Waals surface area contributed by atoms with E-state index in [1.807, 2.05) is 6.92 Å². The van der Waals surface area contributed by atoms with Crippen molar-refractivity contribution in [1.82, 2.24) is 9.97 Å². The summed E-state index contributed by atoms with van der Waals surface area (Å²) in [6.07, 6.45) is 8.04. The minimum atomic E-state index is 0.631. The molecule has 106 valence electrons. The molecule has 1 N–H and O–H groups in total. The van der Waals surface area contributed by atoms with Gasteiger partial charge in [0.15, 0.2) is 0 Å². The van der Waals surface area contributed by atoms with Gasteiger partial charge in [-0.2, -0.15) is 4.98 Å². The molecule has 0 saturated heterocycles. The van der Waals surface area contributed by atoms with Crippen molar-refractivity contribution in [3.63, 3.8) is 0 Å². The van der Waals surface area contributed by atoms with Crippen LogP contribution < -0.4 is 10.2 Å².